The highest BCUT2D eigenvalue weighted by atomic mass is 32.2. The quantitative estimate of drug-likeness (QED) is 0.738. The molecule has 0 aliphatic carbocycles. The molecule has 1 heterocycles. The van der Waals surface area contributed by atoms with Crippen LogP contribution < -0.4 is 4.74 Å². The number of fused-ring (bicyclic) bond motifs is 1. The fourth-order valence-electron chi connectivity index (χ4n) is 2.41. The van der Waals surface area contributed by atoms with Crippen molar-refractivity contribution < 1.29 is 13.2 Å². The summed E-state index contributed by atoms with van der Waals surface area (Å²) >= 11 is 0. The molecule has 1 N–H and O–H groups in total. The van der Waals surface area contributed by atoms with Crippen LogP contribution in [0, 0.1) is 11.3 Å². The highest BCUT2D eigenvalue weighted by molar-refractivity contribution is 7.95. The number of nitrogens with one attached hydrogen (secondary N) is 1. The summed E-state index contributed by atoms with van der Waals surface area (Å²) in [4.78, 5) is 2.84. The van der Waals surface area contributed by atoms with Gasteiger partial charge in [0.1, 0.15) is 16.7 Å². The summed E-state index contributed by atoms with van der Waals surface area (Å²) in [7, 11) is -2.30. The van der Waals surface area contributed by atoms with Crippen molar-refractivity contribution in [3.8, 4) is 11.8 Å². The largest absolute Gasteiger partial charge is 0.497 e. The molecule has 0 saturated heterocycles. The lowest BCUT2D eigenvalue weighted by atomic mass is 10.1. The minimum absolute atomic E-state index is 0.0928. The molecule has 0 bridgehead atoms. The molecule has 5 nitrogen and oxygen atoms in total. The van der Waals surface area contributed by atoms with Gasteiger partial charge in [0.15, 0.2) is 0 Å². The first-order valence-corrected chi connectivity index (χ1v) is 8.61. The Bertz CT molecular complexity index is 1060. The van der Waals surface area contributed by atoms with E-state index in [1.807, 2.05) is 6.07 Å². The number of allylic oxidation sites excluding steroid dienone is 1. The summed E-state index contributed by atoms with van der Waals surface area (Å²) in [5, 5.41) is 10.1. The number of aromatic nitrogens is 1. The molecule has 0 unspecified atom stereocenters. The van der Waals surface area contributed by atoms with E-state index in [9.17, 15) is 13.7 Å². The van der Waals surface area contributed by atoms with Gasteiger partial charge in [-0.05, 0) is 36.4 Å². The topological polar surface area (TPSA) is 82.9 Å². The van der Waals surface area contributed by atoms with Crippen LogP contribution in [0.25, 0.3) is 17.0 Å². The molecule has 0 amide bonds. The second kappa shape index (κ2) is 6.22. The monoisotopic (exact) mass is 338 g/mol. The van der Waals surface area contributed by atoms with Crippen molar-refractivity contribution >= 4 is 26.8 Å². The SMILES string of the molecule is COc1ccc2[nH]cc(/C=C(\C#N)S(=O)(=O)c3ccccc3)c2c1. The van der Waals surface area contributed by atoms with E-state index in [4.69, 9.17) is 4.74 Å². The van der Waals surface area contributed by atoms with E-state index in [2.05, 4.69) is 4.98 Å². The summed E-state index contributed by atoms with van der Waals surface area (Å²) in [6.07, 6.45) is 3.04. The van der Waals surface area contributed by atoms with Gasteiger partial charge in [0.05, 0.1) is 12.0 Å². The number of aromatic amines is 1. The normalized spacial score (nSPS) is 12.1. The Kier molecular flexibility index (Phi) is 4.11. The van der Waals surface area contributed by atoms with Gasteiger partial charge < -0.3 is 9.72 Å². The van der Waals surface area contributed by atoms with Crippen molar-refractivity contribution in [2.75, 3.05) is 7.11 Å². The molecule has 0 atom stereocenters. The van der Waals surface area contributed by atoms with Crippen LogP contribution >= 0.6 is 0 Å². The van der Waals surface area contributed by atoms with Crippen LogP contribution in [0.2, 0.25) is 0 Å². The Morgan fingerprint density at radius 2 is 1.96 bits per heavy atom. The second-order valence-corrected chi connectivity index (χ2v) is 7.01. The number of nitrogens with zero attached hydrogens (tertiary/aromatic N) is 1. The van der Waals surface area contributed by atoms with Crippen molar-refractivity contribution in [3.63, 3.8) is 0 Å². The zero-order valence-electron chi connectivity index (χ0n) is 12.9. The van der Waals surface area contributed by atoms with Crippen molar-refractivity contribution in [3.05, 3.63) is 65.2 Å². The van der Waals surface area contributed by atoms with Gasteiger partial charge in [-0.25, -0.2) is 8.42 Å². The lowest BCUT2D eigenvalue weighted by Gasteiger charge is -2.03. The zero-order chi connectivity index (χ0) is 17.2. The van der Waals surface area contributed by atoms with Crippen LogP contribution in [0.3, 0.4) is 0 Å². The third-order valence-electron chi connectivity index (χ3n) is 3.66. The molecule has 2 aromatic carbocycles. The first kappa shape index (κ1) is 15.8. The summed E-state index contributed by atoms with van der Waals surface area (Å²) in [6, 6.07) is 15.1. The van der Waals surface area contributed by atoms with Crippen molar-refractivity contribution in [1.29, 1.82) is 5.26 Å². The van der Waals surface area contributed by atoms with Gasteiger partial charge in [0, 0.05) is 22.7 Å². The predicted molar refractivity (Wildman–Crippen MR) is 92.1 cm³/mol. The number of rotatable bonds is 4. The average molecular weight is 338 g/mol. The molecule has 6 heteroatoms. The number of H-pyrrole nitrogens is 1. The van der Waals surface area contributed by atoms with Gasteiger partial charge in [-0.2, -0.15) is 5.26 Å². The minimum atomic E-state index is -3.86. The number of hydrogen-bond acceptors (Lipinski definition) is 4. The van der Waals surface area contributed by atoms with E-state index in [1.54, 1.807) is 49.7 Å². The van der Waals surface area contributed by atoms with Crippen molar-refractivity contribution in [1.82, 2.24) is 4.98 Å². The molecule has 0 fully saturated rings. The smallest absolute Gasteiger partial charge is 0.216 e. The fourth-order valence-corrected chi connectivity index (χ4v) is 3.58. The van der Waals surface area contributed by atoms with E-state index in [0.717, 1.165) is 10.9 Å². The predicted octanol–water partition coefficient (Wildman–Crippen LogP) is 3.51. The van der Waals surface area contributed by atoms with Crippen molar-refractivity contribution in [2.45, 2.75) is 4.90 Å². The number of nitriles is 1. The highest BCUT2D eigenvalue weighted by Crippen LogP contribution is 2.27. The minimum Gasteiger partial charge on any atom is -0.497 e. The molecular formula is C18H14N2O3S. The first-order chi connectivity index (χ1) is 11.6. The fraction of sp³-hybridized carbons (Fsp3) is 0.0556. The van der Waals surface area contributed by atoms with Gasteiger partial charge in [0.25, 0.3) is 0 Å². The average Bonchev–Trinajstić information content (AvgIpc) is 3.02. The van der Waals surface area contributed by atoms with Crippen molar-refractivity contribution in [2.24, 2.45) is 0 Å². The molecule has 3 aromatic rings. The number of sulfone groups is 1. The number of benzene rings is 2. The van der Waals surface area contributed by atoms with Crippen LogP contribution in [0.5, 0.6) is 5.75 Å². The van der Waals surface area contributed by atoms with Crippen LogP contribution in [0.4, 0.5) is 0 Å². The van der Waals surface area contributed by atoms with E-state index in [-0.39, 0.29) is 9.80 Å². The molecule has 0 spiro atoms. The Balaban J connectivity index is 2.14. The van der Waals surface area contributed by atoms with Crippen LogP contribution in [0.1, 0.15) is 5.56 Å². The highest BCUT2D eigenvalue weighted by Gasteiger charge is 2.21. The number of methoxy groups -OCH3 is 1. The van der Waals surface area contributed by atoms with Crippen LogP contribution in [-0.2, 0) is 9.84 Å². The van der Waals surface area contributed by atoms with E-state index in [1.165, 1.54) is 18.2 Å². The van der Waals surface area contributed by atoms with Gasteiger partial charge >= 0.3 is 0 Å². The van der Waals surface area contributed by atoms with Gasteiger partial charge in [-0.15, -0.1) is 0 Å². The summed E-state index contributed by atoms with van der Waals surface area (Å²) < 4.78 is 30.4. The number of hydrogen-bond donors (Lipinski definition) is 1. The maximum Gasteiger partial charge on any atom is 0.216 e. The Morgan fingerprint density at radius 1 is 1.21 bits per heavy atom. The molecule has 1 aromatic heterocycles. The molecule has 3 rings (SSSR count). The Labute approximate surface area is 139 Å². The lowest BCUT2D eigenvalue weighted by molar-refractivity contribution is 0.415. The summed E-state index contributed by atoms with van der Waals surface area (Å²) in [5.41, 5.74) is 1.44. The maximum absolute atomic E-state index is 12.6. The van der Waals surface area contributed by atoms with Gasteiger partial charge in [-0.3, -0.25) is 0 Å². The molecule has 0 aliphatic rings. The molecular weight excluding hydrogens is 324 g/mol. The van der Waals surface area contributed by atoms with E-state index >= 15 is 0 Å². The summed E-state index contributed by atoms with van der Waals surface area (Å²) in [5.74, 6) is 0.654. The van der Waals surface area contributed by atoms with Crippen LogP contribution in [-0.4, -0.2) is 20.5 Å². The van der Waals surface area contributed by atoms with Gasteiger partial charge in [0.2, 0.25) is 9.84 Å². The Morgan fingerprint density at radius 3 is 2.62 bits per heavy atom. The number of ether oxygens (including phenoxy) is 1. The van der Waals surface area contributed by atoms with E-state index in [0.29, 0.717) is 11.3 Å². The molecule has 120 valence electrons. The van der Waals surface area contributed by atoms with Crippen LogP contribution in [0.15, 0.2) is 64.5 Å². The third kappa shape index (κ3) is 2.77. The maximum atomic E-state index is 12.6. The molecule has 0 saturated carbocycles. The standard InChI is InChI=1S/C18H14N2O3S/c1-23-14-7-8-18-17(10-14)13(12-20-18)9-16(11-19)24(21,22)15-5-3-2-4-6-15/h2-10,12,20H,1H3/b16-9+. The summed E-state index contributed by atoms with van der Waals surface area (Å²) in [6.45, 7) is 0. The zero-order valence-corrected chi connectivity index (χ0v) is 13.7. The lowest BCUT2D eigenvalue weighted by Crippen LogP contribution is -2.03. The molecule has 0 aliphatic heterocycles. The Hall–Kier alpha value is -3.04. The van der Waals surface area contributed by atoms with Gasteiger partial charge in [-0.1, -0.05) is 18.2 Å². The first-order valence-electron chi connectivity index (χ1n) is 7.13. The third-order valence-corrected chi connectivity index (χ3v) is 5.34. The van der Waals surface area contributed by atoms with E-state index < -0.39 is 9.84 Å². The molecule has 0 radical (unpaired) electrons. The second-order valence-electron chi connectivity index (χ2n) is 5.09. The molecule has 24 heavy (non-hydrogen) atoms.